The Bertz CT molecular complexity index is 1040. The number of nitrogens with one attached hydrogen (secondary N) is 1. The van der Waals surface area contributed by atoms with E-state index in [2.05, 4.69) is 15.0 Å². The largest absolute Gasteiger partial charge is 0.573 e. The van der Waals surface area contributed by atoms with Gasteiger partial charge in [-0.15, -0.1) is 13.2 Å². The zero-order chi connectivity index (χ0) is 21.7. The molecule has 9 heteroatoms. The number of hydrogen-bond acceptors (Lipinski definition) is 5. The highest BCUT2D eigenvalue weighted by Gasteiger charge is 2.31. The molecule has 30 heavy (non-hydrogen) atoms. The van der Waals surface area contributed by atoms with Gasteiger partial charge >= 0.3 is 12.3 Å². The van der Waals surface area contributed by atoms with Crippen LogP contribution in [-0.2, 0) is 6.54 Å². The maximum Gasteiger partial charge on any atom is 0.573 e. The molecule has 0 aliphatic carbocycles. The Morgan fingerprint density at radius 3 is 2.50 bits per heavy atom. The number of hydrogen-bond donors (Lipinski definition) is 2. The Labute approximate surface area is 169 Å². The van der Waals surface area contributed by atoms with Crippen LogP contribution in [0.2, 0.25) is 0 Å². The van der Waals surface area contributed by atoms with E-state index in [9.17, 15) is 18.0 Å². The van der Waals surface area contributed by atoms with Gasteiger partial charge < -0.3 is 19.9 Å². The molecule has 0 atom stereocenters. The summed E-state index contributed by atoms with van der Waals surface area (Å²) in [5.41, 5.74) is 2.13. The van der Waals surface area contributed by atoms with Crippen LogP contribution in [0.5, 0.6) is 11.5 Å². The number of alkyl halides is 3. The predicted molar refractivity (Wildman–Crippen MR) is 104 cm³/mol. The zero-order valence-corrected chi connectivity index (χ0v) is 15.7. The lowest BCUT2D eigenvalue weighted by Crippen LogP contribution is -2.17. The summed E-state index contributed by atoms with van der Waals surface area (Å²) in [4.78, 5) is 15.5. The Balaban J connectivity index is 1.68. The molecule has 0 radical (unpaired) electrons. The van der Waals surface area contributed by atoms with Crippen molar-refractivity contribution in [2.75, 3.05) is 12.4 Å². The number of benzene rings is 2. The molecule has 0 aliphatic heterocycles. The third kappa shape index (κ3) is 5.40. The zero-order valence-electron chi connectivity index (χ0n) is 15.7. The third-order valence-corrected chi connectivity index (χ3v) is 4.13. The summed E-state index contributed by atoms with van der Waals surface area (Å²) in [7, 11) is 1.39. The molecule has 156 valence electrons. The van der Waals surface area contributed by atoms with Crippen molar-refractivity contribution in [2.24, 2.45) is 0 Å². The molecule has 0 spiro atoms. The fourth-order valence-electron chi connectivity index (χ4n) is 2.76. The van der Waals surface area contributed by atoms with Crippen LogP contribution in [0.1, 0.15) is 15.9 Å². The first kappa shape index (κ1) is 21.0. The van der Waals surface area contributed by atoms with Crippen LogP contribution >= 0.6 is 0 Å². The van der Waals surface area contributed by atoms with E-state index in [0.29, 0.717) is 11.4 Å². The number of nitrogens with zero attached hydrogens (tertiary/aromatic N) is 1. The van der Waals surface area contributed by atoms with Crippen molar-refractivity contribution in [1.82, 2.24) is 4.98 Å². The second-order valence-corrected chi connectivity index (χ2v) is 6.20. The van der Waals surface area contributed by atoms with Crippen molar-refractivity contribution in [2.45, 2.75) is 12.9 Å². The van der Waals surface area contributed by atoms with Crippen LogP contribution in [0.4, 0.5) is 19.0 Å². The molecule has 0 amide bonds. The highest BCUT2D eigenvalue weighted by Crippen LogP contribution is 2.28. The van der Waals surface area contributed by atoms with Crippen molar-refractivity contribution < 1.29 is 32.5 Å². The van der Waals surface area contributed by atoms with Gasteiger partial charge in [0.25, 0.3) is 0 Å². The number of anilines is 1. The van der Waals surface area contributed by atoms with Crippen LogP contribution < -0.4 is 14.8 Å². The molecule has 3 rings (SSSR count). The summed E-state index contributed by atoms with van der Waals surface area (Å²) in [5.74, 6) is -0.609. The van der Waals surface area contributed by atoms with Crippen molar-refractivity contribution in [1.29, 1.82) is 0 Å². The standard InChI is InChI=1S/C21H17F3N2O4/c1-29-18-10-14(5-7-17(18)20(27)28)15-6-8-19(26-12-15)25-11-13-3-2-4-16(9-13)30-21(22,23)24/h2-10,12H,11H2,1H3,(H,25,26)(H,27,28). The van der Waals surface area contributed by atoms with Crippen molar-refractivity contribution in [3.63, 3.8) is 0 Å². The smallest absolute Gasteiger partial charge is 0.496 e. The SMILES string of the molecule is COc1cc(-c2ccc(NCc3cccc(OC(F)(F)F)c3)nc2)ccc1C(=O)O. The lowest BCUT2D eigenvalue weighted by atomic mass is 10.0. The van der Waals surface area contributed by atoms with Crippen molar-refractivity contribution in [3.05, 3.63) is 71.9 Å². The summed E-state index contributed by atoms with van der Waals surface area (Å²) in [6.45, 7) is 0.253. The van der Waals surface area contributed by atoms with Gasteiger partial charge in [0.05, 0.1) is 7.11 Å². The fraction of sp³-hybridized carbons (Fsp3) is 0.143. The average molecular weight is 418 g/mol. The van der Waals surface area contributed by atoms with Crippen molar-refractivity contribution >= 4 is 11.8 Å². The van der Waals surface area contributed by atoms with Crippen LogP contribution in [0.25, 0.3) is 11.1 Å². The second-order valence-electron chi connectivity index (χ2n) is 6.20. The van der Waals surface area contributed by atoms with Gasteiger partial charge in [-0.1, -0.05) is 18.2 Å². The minimum Gasteiger partial charge on any atom is -0.496 e. The Hall–Kier alpha value is -3.75. The molecular formula is C21H17F3N2O4. The predicted octanol–water partition coefficient (Wildman–Crippen LogP) is 4.97. The van der Waals surface area contributed by atoms with Gasteiger partial charge in [0.2, 0.25) is 0 Å². The molecular weight excluding hydrogens is 401 g/mol. The molecule has 0 fully saturated rings. The Kier molecular flexibility index (Phi) is 6.10. The van der Waals surface area contributed by atoms with E-state index in [0.717, 1.165) is 11.1 Å². The van der Waals surface area contributed by atoms with E-state index < -0.39 is 12.3 Å². The number of ether oxygens (including phenoxy) is 2. The van der Waals surface area contributed by atoms with Gasteiger partial charge in [-0.3, -0.25) is 0 Å². The van der Waals surface area contributed by atoms with Crippen LogP contribution in [-0.4, -0.2) is 29.5 Å². The van der Waals surface area contributed by atoms with Gasteiger partial charge in [-0.2, -0.15) is 0 Å². The molecule has 2 aromatic carbocycles. The average Bonchev–Trinajstić information content (AvgIpc) is 2.71. The summed E-state index contributed by atoms with van der Waals surface area (Å²) in [6, 6.07) is 13.9. The molecule has 1 aromatic heterocycles. The molecule has 0 unspecified atom stereocenters. The van der Waals surface area contributed by atoms with Crippen LogP contribution in [0.15, 0.2) is 60.8 Å². The summed E-state index contributed by atoms with van der Waals surface area (Å²) in [6.07, 6.45) is -3.14. The van der Waals surface area contributed by atoms with E-state index in [-0.39, 0.29) is 23.6 Å². The normalized spacial score (nSPS) is 11.1. The van der Waals surface area contributed by atoms with E-state index in [1.54, 1.807) is 36.5 Å². The topological polar surface area (TPSA) is 80.7 Å². The number of carboxylic acid groups (broad SMARTS) is 1. The first-order chi connectivity index (χ1) is 14.2. The van der Waals surface area contributed by atoms with E-state index in [1.807, 2.05) is 0 Å². The first-order valence-corrected chi connectivity index (χ1v) is 8.71. The summed E-state index contributed by atoms with van der Waals surface area (Å²) < 4.78 is 46.0. The summed E-state index contributed by atoms with van der Waals surface area (Å²) in [5, 5.41) is 12.2. The number of carboxylic acids is 1. The maximum atomic E-state index is 12.3. The molecule has 0 saturated heterocycles. The van der Waals surface area contributed by atoms with Gasteiger partial charge in [0, 0.05) is 18.3 Å². The number of carbonyl (C=O) groups is 1. The number of pyridine rings is 1. The maximum absolute atomic E-state index is 12.3. The molecule has 3 aromatic rings. The Morgan fingerprint density at radius 2 is 1.87 bits per heavy atom. The summed E-state index contributed by atoms with van der Waals surface area (Å²) >= 11 is 0. The second kappa shape index (κ2) is 8.73. The number of halogens is 3. The highest BCUT2D eigenvalue weighted by molar-refractivity contribution is 5.92. The van der Waals surface area contributed by atoms with Gasteiger partial charge in [0.1, 0.15) is 22.9 Å². The quantitative estimate of drug-likeness (QED) is 0.564. The van der Waals surface area contributed by atoms with E-state index in [4.69, 9.17) is 9.84 Å². The van der Waals surface area contributed by atoms with E-state index >= 15 is 0 Å². The van der Waals surface area contributed by atoms with Crippen LogP contribution in [0.3, 0.4) is 0 Å². The van der Waals surface area contributed by atoms with Gasteiger partial charge in [-0.25, -0.2) is 9.78 Å². The molecule has 6 nitrogen and oxygen atoms in total. The Morgan fingerprint density at radius 1 is 1.10 bits per heavy atom. The minimum absolute atomic E-state index is 0.0595. The number of aromatic nitrogens is 1. The molecule has 0 saturated carbocycles. The van der Waals surface area contributed by atoms with E-state index in [1.165, 1.54) is 31.4 Å². The van der Waals surface area contributed by atoms with Crippen LogP contribution in [0, 0.1) is 0 Å². The van der Waals surface area contributed by atoms with Gasteiger partial charge in [0.15, 0.2) is 0 Å². The fourth-order valence-corrected chi connectivity index (χ4v) is 2.76. The lowest BCUT2D eigenvalue weighted by Gasteiger charge is -2.11. The third-order valence-electron chi connectivity index (χ3n) is 4.13. The van der Waals surface area contributed by atoms with Gasteiger partial charge in [-0.05, 0) is 47.5 Å². The first-order valence-electron chi connectivity index (χ1n) is 8.71. The number of methoxy groups -OCH3 is 1. The molecule has 2 N–H and O–H groups in total. The highest BCUT2D eigenvalue weighted by atomic mass is 19.4. The lowest BCUT2D eigenvalue weighted by molar-refractivity contribution is -0.274. The van der Waals surface area contributed by atoms with Crippen molar-refractivity contribution in [3.8, 4) is 22.6 Å². The molecule has 1 heterocycles. The number of rotatable bonds is 7. The molecule has 0 bridgehead atoms. The number of aromatic carboxylic acids is 1. The molecule has 0 aliphatic rings. The monoisotopic (exact) mass is 418 g/mol. The minimum atomic E-state index is -4.74.